The Kier molecular flexibility index (Phi) is 3.42. The fourth-order valence-electron chi connectivity index (χ4n) is 2.25. The minimum absolute atomic E-state index is 0.0390. The van der Waals surface area contributed by atoms with Crippen LogP contribution >= 0.6 is 11.3 Å². The van der Waals surface area contributed by atoms with Gasteiger partial charge in [0.25, 0.3) is 10.0 Å². The van der Waals surface area contributed by atoms with Crippen LogP contribution in [0.1, 0.15) is 12.8 Å². The molecule has 0 radical (unpaired) electrons. The Bertz CT molecular complexity index is 716. The number of imidazole rings is 1. The van der Waals surface area contributed by atoms with Crippen LogP contribution in [0.5, 0.6) is 0 Å². The number of fused-ring (bicyclic) bond motifs is 1. The Morgan fingerprint density at radius 2 is 2.30 bits per heavy atom. The molecule has 0 saturated heterocycles. The zero-order chi connectivity index (χ0) is 14.3. The summed E-state index contributed by atoms with van der Waals surface area (Å²) in [6.45, 7) is 0. The molecule has 4 N–H and O–H groups in total. The molecule has 0 amide bonds. The molecule has 8 nitrogen and oxygen atoms in total. The molecule has 20 heavy (non-hydrogen) atoms. The second kappa shape index (κ2) is 4.97. The van der Waals surface area contributed by atoms with Crippen LogP contribution in [0.4, 0.5) is 5.82 Å². The van der Waals surface area contributed by atoms with E-state index in [0.29, 0.717) is 17.8 Å². The maximum absolute atomic E-state index is 12.5. The van der Waals surface area contributed by atoms with Gasteiger partial charge in [0.05, 0.1) is 6.10 Å². The molecule has 1 saturated carbocycles. The SMILES string of the molecule is COC1CC(NS(=O)(=O)c2c(NN)nc3sccn23)C1. The number of nitrogens with two attached hydrogens (primary N) is 1. The van der Waals surface area contributed by atoms with Gasteiger partial charge in [-0.3, -0.25) is 4.40 Å². The van der Waals surface area contributed by atoms with Gasteiger partial charge in [0.2, 0.25) is 5.03 Å². The van der Waals surface area contributed by atoms with Crippen molar-refractivity contribution in [3.8, 4) is 0 Å². The van der Waals surface area contributed by atoms with Gasteiger partial charge in [-0.25, -0.2) is 19.0 Å². The summed E-state index contributed by atoms with van der Waals surface area (Å²) in [6, 6.07) is -0.111. The van der Waals surface area contributed by atoms with Crippen molar-refractivity contribution in [3.05, 3.63) is 11.6 Å². The summed E-state index contributed by atoms with van der Waals surface area (Å²) in [5.41, 5.74) is 2.34. The number of aromatic nitrogens is 2. The molecule has 0 aliphatic heterocycles. The highest BCUT2D eigenvalue weighted by Crippen LogP contribution is 2.28. The third-order valence-corrected chi connectivity index (χ3v) is 5.66. The largest absolute Gasteiger partial charge is 0.381 e. The van der Waals surface area contributed by atoms with Crippen LogP contribution in [0.2, 0.25) is 0 Å². The average molecular weight is 317 g/mol. The third-order valence-electron chi connectivity index (χ3n) is 3.36. The molecule has 0 atom stereocenters. The number of nitrogens with one attached hydrogen (secondary N) is 2. The van der Waals surface area contributed by atoms with Crippen molar-refractivity contribution in [3.63, 3.8) is 0 Å². The molecule has 0 aromatic carbocycles. The molecule has 0 bridgehead atoms. The van der Waals surface area contributed by atoms with Gasteiger partial charge in [0.15, 0.2) is 10.8 Å². The molecule has 1 aliphatic rings. The van der Waals surface area contributed by atoms with E-state index in [1.807, 2.05) is 0 Å². The quantitative estimate of drug-likeness (QED) is 0.534. The standard InChI is InChI=1S/C10H15N5O3S2/c1-18-7-4-6(5-7)14-20(16,17)9-8(13-11)12-10-15(9)2-3-19-10/h2-3,6-7,13-14H,4-5,11H2,1H3. The van der Waals surface area contributed by atoms with Gasteiger partial charge in [0, 0.05) is 24.7 Å². The van der Waals surface area contributed by atoms with E-state index in [1.165, 1.54) is 15.7 Å². The van der Waals surface area contributed by atoms with E-state index in [-0.39, 0.29) is 23.0 Å². The fourth-order valence-corrected chi connectivity index (χ4v) is 4.53. The summed E-state index contributed by atoms with van der Waals surface area (Å²) in [4.78, 5) is 4.71. The Morgan fingerprint density at radius 3 is 2.95 bits per heavy atom. The predicted molar refractivity (Wildman–Crippen MR) is 75.0 cm³/mol. The molecule has 0 spiro atoms. The highest BCUT2D eigenvalue weighted by Gasteiger charge is 2.35. The number of nitrogen functional groups attached to an aromatic ring is 1. The minimum Gasteiger partial charge on any atom is -0.381 e. The molecular weight excluding hydrogens is 302 g/mol. The van der Waals surface area contributed by atoms with Crippen molar-refractivity contribution in [2.75, 3.05) is 12.5 Å². The van der Waals surface area contributed by atoms with Crippen LogP contribution in [0.25, 0.3) is 4.96 Å². The molecule has 110 valence electrons. The van der Waals surface area contributed by atoms with Crippen molar-refractivity contribution >= 4 is 32.1 Å². The van der Waals surface area contributed by atoms with E-state index in [4.69, 9.17) is 10.6 Å². The van der Waals surface area contributed by atoms with Crippen LogP contribution in [-0.4, -0.2) is 37.1 Å². The van der Waals surface area contributed by atoms with Gasteiger partial charge in [-0.1, -0.05) is 0 Å². The van der Waals surface area contributed by atoms with Gasteiger partial charge >= 0.3 is 0 Å². The number of hydrogen-bond donors (Lipinski definition) is 3. The van der Waals surface area contributed by atoms with E-state index in [1.54, 1.807) is 18.7 Å². The monoisotopic (exact) mass is 317 g/mol. The summed E-state index contributed by atoms with van der Waals surface area (Å²) in [5, 5.41) is 1.81. The Labute approximate surface area is 120 Å². The number of ether oxygens (including phenoxy) is 1. The highest BCUT2D eigenvalue weighted by atomic mass is 32.2. The predicted octanol–water partition coefficient (Wildman–Crippen LogP) is 0.137. The molecule has 2 aromatic heterocycles. The highest BCUT2D eigenvalue weighted by molar-refractivity contribution is 7.89. The fraction of sp³-hybridized carbons (Fsp3) is 0.500. The first kappa shape index (κ1) is 13.8. The van der Waals surface area contributed by atoms with Gasteiger partial charge < -0.3 is 10.2 Å². The first-order chi connectivity index (χ1) is 9.55. The molecule has 1 aliphatic carbocycles. The van der Waals surface area contributed by atoms with Crippen LogP contribution in [0.3, 0.4) is 0 Å². The lowest BCUT2D eigenvalue weighted by molar-refractivity contribution is 0.0236. The van der Waals surface area contributed by atoms with E-state index in [2.05, 4.69) is 15.1 Å². The number of thiazole rings is 1. The van der Waals surface area contributed by atoms with Crippen LogP contribution < -0.4 is 16.0 Å². The lowest BCUT2D eigenvalue weighted by atomic mass is 9.90. The molecule has 1 fully saturated rings. The number of hydrazine groups is 1. The van der Waals surface area contributed by atoms with Gasteiger partial charge in [-0.2, -0.15) is 4.98 Å². The lowest BCUT2D eigenvalue weighted by Crippen LogP contribution is -2.47. The zero-order valence-electron chi connectivity index (χ0n) is 10.7. The summed E-state index contributed by atoms with van der Waals surface area (Å²) >= 11 is 1.34. The first-order valence-corrected chi connectivity index (χ1v) is 8.38. The second-order valence-corrected chi connectivity index (χ2v) is 7.12. The number of sulfonamides is 1. The molecular formula is C10H15N5O3S2. The summed E-state index contributed by atoms with van der Waals surface area (Å²) < 4.78 is 34.3. The smallest absolute Gasteiger partial charge is 0.260 e. The van der Waals surface area contributed by atoms with Gasteiger partial charge in [0.1, 0.15) is 0 Å². The normalized spacial score (nSPS) is 22.9. The topological polar surface area (TPSA) is 111 Å². The first-order valence-electron chi connectivity index (χ1n) is 6.02. The van der Waals surface area contributed by atoms with E-state index in [0.717, 1.165) is 0 Å². The van der Waals surface area contributed by atoms with Crippen molar-refractivity contribution in [2.45, 2.75) is 30.0 Å². The van der Waals surface area contributed by atoms with Crippen LogP contribution in [0, 0.1) is 0 Å². The molecule has 0 unspecified atom stereocenters. The number of rotatable bonds is 5. The van der Waals surface area contributed by atoms with E-state index >= 15 is 0 Å². The molecule has 2 aromatic rings. The Hall–Kier alpha value is -1.20. The Morgan fingerprint density at radius 1 is 1.55 bits per heavy atom. The van der Waals surface area contributed by atoms with Crippen LogP contribution in [-0.2, 0) is 14.8 Å². The Balaban J connectivity index is 1.90. The minimum atomic E-state index is -3.69. The molecule has 10 heteroatoms. The summed E-state index contributed by atoms with van der Waals surface area (Å²) in [7, 11) is -2.07. The lowest BCUT2D eigenvalue weighted by Gasteiger charge is -2.34. The van der Waals surface area contributed by atoms with Gasteiger partial charge in [-0.15, -0.1) is 11.3 Å². The van der Waals surface area contributed by atoms with Crippen molar-refractivity contribution < 1.29 is 13.2 Å². The maximum Gasteiger partial charge on any atom is 0.260 e. The summed E-state index contributed by atoms with van der Waals surface area (Å²) in [6.07, 6.45) is 3.13. The number of methoxy groups -OCH3 is 1. The number of hydrogen-bond acceptors (Lipinski definition) is 7. The van der Waals surface area contributed by atoms with Crippen molar-refractivity contribution in [1.82, 2.24) is 14.1 Å². The van der Waals surface area contributed by atoms with Crippen LogP contribution in [0.15, 0.2) is 16.6 Å². The summed E-state index contributed by atoms with van der Waals surface area (Å²) in [5.74, 6) is 5.50. The zero-order valence-corrected chi connectivity index (χ0v) is 12.4. The van der Waals surface area contributed by atoms with E-state index < -0.39 is 10.0 Å². The second-order valence-electron chi connectivity index (χ2n) is 4.61. The number of nitrogens with zero attached hydrogens (tertiary/aromatic N) is 2. The van der Waals surface area contributed by atoms with E-state index in [9.17, 15) is 8.42 Å². The average Bonchev–Trinajstić information content (AvgIpc) is 2.91. The molecule has 2 heterocycles. The third kappa shape index (κ3) is 2.19. The van der Waals surface area contributed by atoms with Crippen molar-refractivity contribution in [1.29, 1.82) is 0 Å². The molecule has 3 rings (SSSR count). The number of anilines is 1. The van der Waals surface area contributed by atoms with Crippen molar-refractivity contribution in [2.24, 2.45) is 5.84 Å². The van der Waals surface area contributed by atoms with Gasteiger partial charge in [-0.05, 0) is 12.8 Å². The maximum atomic E-state index is 12.5.